The summed E-state index contributed by atoms with van der Waals surface area (Å²) in [7, 11) is 3.55. The van der Waals surface area contributed by atoms with Gasteiger partial charge in [-0.15, -0.1) is 0 Å². The molecule has 1 heterocycles. The lowest BCUT2D eigenvalue weighted by molar-refractivity contribution is 0.105. The monoisotopic (exact) mass is 423 g/mol. The van der Waals surface area contributed by atoms with Gasteiger partial charge < -0.3 is 14.6 Å². The molecule has 6 nitrogen and oxygen atoms in total. The predicted octanol–water partition coefficient (Wildman–Crippen LogP) is 4.87. The number of aromatic nitrogens is 2. The number of hydrogen-bond acceptors (Lipinski definition) is 5. The van der Waals surface area contributed by atoms with Crippen molar-refractivity contribution in [3.05, 3.63) is 60.2 Å². The van der Waals surface area contributed by atoms with E-state index in [9.17, 15) is 5.11 Å². The molecule has 1 aromatic heterocycles. The van der Waals surface area contributed by atoms with Crippen LogP contribution in [0.5, 0.6) is 17.4 Å². The van der Waals surface area contributed by atoms with Crippen LogP contribution in [0, 0.1) is 0 Å². The van der Waals surface area contributed by atoms with Crippen LogP contribution in [-0.4, -0.2) is 46.1 Å². The normalized spacial score (nSPS) is 12.2. The van der Waals surface area contributed by atoms with Crippen LogP contribution in [0.15, 0.2) is 54.6 Å². The zero-order valence-electron chi connectivity index (χ0n) is 18.9. The Bertz CT molecular complexity index is 939. The van der Waals surface area contributed by atoms with E-state index in [4.69, 9.17) is 14.6 Å². The van der Waals surface area contributed by atoms with E-state index in [1.165, 1.54) is 0 Å². The number of hydrogen-bond donors (Lipinski definition) is 1. The fourth-order valence-electron chi connectivity index (χ4n) is 3.61. The Morgan fingerprint density at radius 1 is 1.03 bits per heavy atom. The molecular formula is C25H33N3O3. The van der Waals surface area contributed by atoms with Gasteiger partial charge in [0.05, 0.1) is 18.8 Å². The first-order valence-electron chi connectivity index (χ1n) is 10.9. The van der Waals surface area contributed by atoms with Crippen LogP contribution < -0.4 is 9.47 Å². The molecule has 0 radical (unpaired) electrons. The van der Waals surface area contributed by atoms with Crippen LogP contribution in [0.2, 0.25) is 0 Å². The summed E-state index contributed by atoms with van der Waals surface area (Å²) >= 11 is 0. The van der Waals surface area contributed by atoms with Crippen molar-refractivity contribution in [2.45, 2.75) is 39.3 Å². The summed E-state index contributed by atoms with van der Waals surface area (Å²) in [6.07, 6.45) is 1.38. The van der Waals surface area contributed by atoms with Crippen molar-refractivity contribution in [1.29, 1.82) is 0 Å². The predicted molar refractivity (Wildman–Crippen MR) is 124 cm³/mol. The lowest BCUT2D eigenvalue weighted by atomic mass is 10.1. The molecule has 0 amide bonds. The second-order valence-corrected chi connectivity index (χ2v) is 7.70. The Balaban J connectivity index is 1.99. The number of nitrogens with zero attached hydrogens (tertiary/aromatic N) is 3. The zero-order valence-corrected chi connectivity index (χ0v) is 18.9. The minimum absolute atomic E-state index is 0.352. The Morgan fingerprint density at radius 3 is 2.32 bits per heavy atom. The maximum Gasteiger partial charge on any atom is 0.222 e. The summed E-state index contributed by atoms with van der Waals surface area (Å²) < 4.78 is 13.4. The first-order chi connectivity index (χ1) is 15.0. The van der Waals surface area contributed by atoms with E-state index in [2.05, 4.69) is 24.0 Å². The molecule has 6 heteroatoms. The van der Waals surface area contributed by atoms with Crippen LogP contribution in [-0.2, 0) is 13.6 Å². The lowest BCUT2D eigenvalue weighted by Gasteiger charge is -2.24. The van der Waals surface area contributed by atoms with Crippen molar-refractivity contribution in [1.82, 2.24) is 14.7 Å². The lowest BCUT2D eigenvalue weighted by Crippen LogP contribution is -2.32. The van der Waals surface area contributed by atoms with Crippen LogP contribution in [0.4, 0.5) is 0 Å². The molecule has 166 valence electrons. The van der Waals surface area contributed by atoms with Crippen LogP contribution in [0.25, 0.3) is 11.3 Å². The van der Waals surface area contributed by atoms with Gasteiger partial charge >= 0.3 is 0 Å². The fraction of sp³-hybridized carbons (Fsp3) is 0.400. The number of benzene rings is 2. The van der Waals surface area contributed by atoms with Gasteiger partial charge in [-0.3, -0.25) is 4.90 Å². The third-order valence-electron chi connectivity index (χ3n) is 5.27. The van der Waals surface area contributed by atoms with E-state index in [-0.39, 0.29) is 6.10 Å². The Morgan fingerprint density at radius 2 is 1.71 bits per heavy atom. The smallest absolute Gasteiger partial charge is 0.222 e. The van der Waals surface area contributed by atoms with Crippen molar-refractivity contribution in [2.24, 2.45) is 7.05 Å². The molecule has 0 bridgehead atoms. The standard InChI is InChI=1S/C25H33N3O3/c1-5-16-28(17-20(29)6-2)18-23-24(19-10-8-7-9-11-19)26-27(3)25(23)31-22-14-12-21(30-4)13-15-22/h7-15,20,29H,5-6,16-18H2,1-4H3/t20-/m0/s1. The Kier molecular flexibility index (Phi) is 8.09. The van der Waals surface area contributed by atoms with Gasteiger partial charge in [0.25, 0.3) is 0 Å². The zero-order chi connectivity index (χ0) is 22.2. The molecule has 3 aromatic rings. The van der Waals surface area contributed by atoms with E-state index >= 15 is 0 Å². The quantitative estimate of drug-likeness (QED) is 0.477. The van der Waals surface area contributed by atoms with Gasteiger partial charge in [-0.25, -0.2) is 4.68 Å². The van der Waals surface area contributed by atoms with Gasteiger partial charge in [-0.05, 0) is 43.7 Å². The molecular weight excluding hydrogens is 390 g/mol. The van der Waals surface area contributed by atoms with Gasteiger partial charge in [-0.2, -0.15) is 5.10 Å². The highest BCUT2D eigenvalue weighted by Gasteiger charge is 2.23. The summed E-state index contributed by atoms with van der Waals surface area (Å²) in [5, 5.41) is 15.1. The number of methoxy groups -OCH3 is 1. The number of aryl methyl sites for hydroxylation is 1. The van der Waals surface area contributed by atoms with Crippen molar-refractivity contribution in [3.8, 4) is 28.6 Å². The van der Waals surface area contributed by atoms with E-state index in [1.54, 1.807) is 11.8 Å². The van der Waals surface area contributed by atoms with Crippen LogP contribution in [0.3, 0.4) is 0 Å². The molecule has 1 N–H and O–H groups in total. The fourth-order valence-corrected chi connectivity index (χ4v) is 3.61. The number of aliphatic hydroxyl groups is 1. The molecule has 0 saturated carbocycles. The second-order valence-electron chi connectivity index (χ2n) is 7.70. The van der Waals surface area contributed by atoms with E-state index in [0.29, 0.717) is 19.0 Å². The molecule has 0 spiro atoms. The molecule has 31 heavy (non-hydrogen) atoms. The highest BCUT2D eigenvalue weighted by atomic mass is 16.5. The summed E-state index contributed by atoms with van der Waals surface area (Å²) in [4.78, 5) is 2.28. The largest absolute Gasteiger partial charge is 0.497 e. The molecule has 2 aromatic carbocycles. The van der Waals surface area contributed by atoms with Crippen molar-refractivity contribution in [2.75, 3.05) is 20.2 Å². The van der Waals surface area contributed by atoms with Gasteiger partial charge in [0, 0.05) is 25.7 Å². The van der Waals surface area contributed by atoms with Crippen molar-refractivity contribution < 1.29 is 14.6 Å². The Hall–Kier alpha value is -2.83. The molecule has 1 atom stereocenters. The van der Waals surface area contributed by atoms with Gasteiger partial charge in [0.1, 0.15) is 17.2 Å². The molecule has 0 fully saturated rings. The summed E-state index contributed by atoms with van der Waals surface area (Å²) in [6, 6.07) is 17.7. The summed E-state index contributed by atoms with van der Waals surface area (Å²) in [5.74, 6) is 2.21. The molecule has 0 saturated heterocycles. The third kappa shape index (κ3) is 5.87. The minimum Gasteiger partial charge on any atom is -0.497 e. The number of rotatable bonds is 11. The molecule has 0 unspecified atom stereocenters. The van der Waals surface area contributed by atoms with Gasteiger partial charge in [0.2, 0.25) is 5.88 Å². The van der Waals surface area contributed by atoms with E-state index < -0.39 is 0 Å². The average molecular weight is 424 g/mol. The second kappa shape index (κ2) is 11.0. The number of ether oxygens (including phenoxy) is 2. The van der Waals surface area contributed by atoms with Gasteiger partial charge in [-0.1, -0.05) is 44.2 Å². The number of aliphatic hydroxyl groups excluding tert-OH is 1. The molecule has 0 aliphatic rings. The maximum absolute atomic E-state index is 10.3. The third-order valence-corrected chi connectivity index (χ3v) is 5.27. The molecule has 0 aliphatic heterocycles. The SMILES string of the molecule is CCCN(Cc1c(-c2ccccc2)nn(C)c1Oc1ccc(OC)cc1)C[C@@H](O)CC. The first kappa shape index (κ1) is 22.8. The van der Waals surface area contributed by atoms with Crippen molar-refractivity contribution in [3.63, 3.8) is 0 Å². The summed E-state index contributed by atoms with van der Waals surface area (Å²) in [6.45, 7) is 6.32. The van der Waals surface area contributed by atoms with Gasteiger partial charge in [0.15, 0.2) is 0 Å². The molecule has 3 rings (SSSR count). The topological polar surface area (TPSA) is 59.8 Å². The average Bonchev–Trinajstić information content (AvgIpc) is 3.10. The van der Waals surface area contributed by atoms with E-state index in [0.717, 1.165) is 47.7 Å². The highest BCUT2D eigenvalue weighted by Crippen LogP contribution is 2.34. The first-order valence-corrected chi connectivity index (χ1v) is 10.9. The highest BCUT2D eigenvalue weighted by molar-refractivity contribution is 5.65. The maximum atomic E-state index is 10.3. The van der Waals surface area contributed by atoms with E-state index in [1.807, 2.05) is 56.4 Å². The Labute approximate surface area is 185 Å². The van der Waals surface area contributed by atoms with Crippen molar-refractivity contribution >= 4 is 0 Å². The summed E-state index contributed by atoms with van der Waals surface area (Å²) in [5.41, 5.74) is 2.96. The molecule has 0 aliphatic carbocycles. The van der Waals surface area contributed by atoms with Crippen LogP contribution >= 0.6 is 0 Å². The minimum atomic E-state index is -0.352. The van der Waals surface area contributed by atoms with Crippen LogP contribution in [0.1, 0.15) is 32.3 Å².